The number of alkyl carbamates (subject to hydrolysis) is 1. The molecule has 12 heteroatoms. The number of para-hydroxylation sites is 1. The topological polar surface area (TPSA) is 177 Å². The SMILES string of the molecule is CCOC(=O)CCNC(=O)C(c1cccc(C)c1O)N(C(=O)C(CCC(N)=O)NC(=O)OC(C)(C)C)C(C)(C)C. The maximum Gasteiger partial charge on any atom is 0.408 e. The zero-order valence-corrected chi connectivity index (χ0v) is 24.8. The summed E-state index contributed by atoms with van der Waals surface area (Å²) in [4.78, 5) is 65.1. The molecule has 12 nitrogen and oxygen atoms in total. The van der Waals surface area contributed by atoms with Gasteiger partial charge in [-0.2, -0.15) is 0 Å². The molecule has 4 amide bonds. The first-order valence-electron chi connectivity index (χ1n) is 13.2. The highest BCUT2D eigenvalue weighted by Gasteiger charge is 2.43. The number of rotatable bonds is 12. The second kappa shape index (κ2) is 14.5. The van der Waals surface area contributed by atoms with Gasteiger partial charge in [0.1, 0.15) is 23.4 Å². The summed E-state index contributed by atoms with van der Waals surface area (Å²) in [6, 6.07) is 2.15. The van der Waals surface area contributed by atoms with Gasteiger partial charge in [0.25, 0.3) is 0 Å². The molecule has 2 unspecified atom stereocenters. The number of ether oxygens (including phenoxy) is 2. The number of benzene rings is 1. The Morgan fingerprint density at radius 3 is 2.20 bits per heavy atom. The number of nitrogens with one attached hydrogen (secondary N) is 2. The van der Waals surface area contributed by atoms with Crippen LogP contribution >= 0.6 is 0 Å². The summed E-state index contributed by atoms with van der Waals surface area (Å²) >= 11 is 0. The minimum absolute atomic E-state index is 0.0752. The second-order valence-corrected chi connectivity index (χ2v) is 11.3. The molecule has 0 spiro atoms. The molecule has 0 saturated heterocycles. The lowest BCUT2D eigenvalue weighted by molar-refractivity contribution is -0.149. The van der Waals surface area contributed by atoms with E-state index in [9.17, 15) is 29.1 Å². The van der Waals surface area contributed by atoms with Crippen LogP contribution in [0.25, 0.3) is 0 Å². The fourth-order valence-electron chi connectivity index (χ4n) is 3.92. The average Bonchev–Trinajstić information content (AvgIpc) is 2.79. The maximum atomic E-state index is 14.2. The molecule has 0 heterocycles. The summed E-state index contributed by atoms with van der Waals surface area (Å²) in [6.07, 6.45) is -1.37. The van der Waals surface area contributed by atoms with Gasteiger partial charge in [0.15, 0.2) is 0 Å². The van der Waals surface area contributed by atoms with Crippen LogP contribution in [0.3, 0.4) is 0 Å². The minimum Gasteiger partial charge on any atom is -0.507 e. The van der Waals surface area contributed by atoms with E-state index in [1.165, 1.54) is 11.0 Å². The van der Waals surface area contributed by atoms with Crippen molar-refractivity contribution in [3.8, 4) is 5.75 Å². The lowest BCUT2D eigenvalue weighted by atomic mass is 9.93. The van der Waals surface area contributed by atoms with Gasteiger partial charge >= 0.3 is 12.1 Å². The number of phenolic OH excluding ortho intramolecular Hbond substituents is 1. The highest BCUT2D eigenvalue weighted by molar-refractivity contribution is 5.93. The van der Waals surface area contributed by atoms with Crippen molar-refractivity contribution in [2.75, 3.05) is 13.2 Å². The number of nitrogens with two attached hydrogens (primary N) is 1. The zero-order chi connectivity index (χ0) is 30.8. The number of hydrogen-bond acceptors (Lipinski definition) is 8. The molecule has 0 aliphatic heterocycles. The molecule has 1 aromatic rings. The van der Waals surface area contributed by atoms with Crippen LogP contribution in [0.2, 0.25) is 0 Å². The van der Waals surface area contributed by atoms with Gasteiger partial charge in [-0.1, -0.05) is 18.2 Å². The predicted molar refractivity (Wildman–Crippen MR) is 148 cm³/mol. The lowest BCUT2D eigenvalue weighted by Gasteiger charge is -2.43. The van der Waals surface area contributed by atoms with E-state index < -0.39 is 53.0 Å². The highest BCUT2D eigenvalue weighted by Crippen LogP contribution is 2.36. The van der Waals surface area contributed by atoms with E-state index in [0.717, 1.165) is 0 Å². The summed E-state index contributed by atoms with van der Waals surface area (Å²) in [5, 5.41) is 16.1. The van der Waals surface area contributed by atoms with Crippen LogP contribution < -0.4 is 16.4 Å². The van der Waals surface area contributed by atoms with Gasteiger partial charge in [-0.3, -0.25) is 19.2 Å². The Balaban J connectivity index is 3.59. The molecule has 0 aliphatic rings. The summed E-state index contributed by atoms with van der Waals surface area (Å²) in [5.41, 5.74) is 4.05. The van der Waals surface area contributed by atoms with Crippen LogP contribution in [0.5, 0.6) is 5.75 Å². The number of hydrogen-bond donors (Lipinski definition) is 4. The van der Waals surface area contributed by atoms with Crippen LogP contribution in [-0.2, 0) is 28.7 Å². The Bertz CT molecular complexity index is 1080. The monoisotopic (exact) mass is 564 g/mol. The number of amides is 4. The maximum absolute atomic E-state index is 14.2. The molecule has 0 saturated carbocycles. The first kappa shape index (κ1) is 34.2. The van der Waals surface area contributed by atoms with E-state index in [0.29, 0.717) is 5.56 Å². The van der Waals surface area contributed by atoms with Gasteiger partial charge in [0.2, 0.25) is 17.7 Å². The van der Waals surface area contributed by atoms with Crippen LogP contribution in [0.1, 0.15) is 84.9 Å². The van der Waals surface area contributed by atoms with E-state index in [1.54, 1.807) is 67.5 Å². The third-order valence-electron chi connectivity index (χ3n) is 5.63. The van der Waals surface area contributed by atoms with Gasteiger partial charge < -0.3 is 35.8 Å². The number of aromatic hydroxyl groups is 1. The van der Waals surface area contributed by atoms with Crippen molar-refractivity contribution >= 4 is 29.8 Å². The second-order valence-electron chi connectivity index (χ2n) is 11.3. The molecular formula is C28H44N4O8. The Hall–Kier alpha value is -3.83. The quantitative estimate of drug-likeness (QED) is 0.280. The molecule has 1 aromatic carbocycles. The van der Waals surface area contributed by atoms with Gasteiger partial charge in [-0.05, 0) is 67.4 Å². The number of primary amides is 1. The normalized spacial score (nSPS) is 13.0. The summed E-state index contributed by atoms with van der Waals surface area (Å²) in [7, 11) is 0. The number of phenols is 1. The van der Waals surface area contributed by atoms with Gasteiger partial charge in [0.05, 0.1) is 13.0 Å². The van der Waals surface area contributed by atoms with Crippen LogP contribution in [0, 0.1) is 6.92 Å². The van der Waals surface area contributed by atoms with Crippen molar-refractivity contribution in [2.45, 2.75) is 97.9 Å². The smallest absolute Gasteiger partial charge is 0.408 e. The van der Waals surface area contributed by atoms with Crippen molar-refractivity contribution in [3.63, 3.8) is 0 Å². The first-order chi connectivity index (χ1) is 18.4. The lowest BCUT2D eigenvalue weighted by Crippen LogP contribution is -2.58. The van der Waals surface area contributed by atoms with Crippen LogP contribution in [-0.4, -0.2) is 70.1 Å². The Kier molecular flexibility index (Phi) is 12.4. The van der Waals surface area contributed by atoms with Crippen molar-refractivity contribution in [3.05, 3.63) is 29.3 Å². The van der Waals surface area contributed by atoms with E-state index in [1.807, 2.05) is 0 Å². The van der Waals surface area contributed by atoms with Gasteiger partial charge in [-0.15, -0.1) is 0 Å². The highest BCUT2D eigenvalue weighted by atomic mass is 16.6. The standard InChI is InChI=1S/C28H44N4O8/c1-9-39-21(34)15-16-30-24(36)22(18-12-10-11-17(2)23(18)35)32(27(3,4)5)25(37)19(13-14-20(29)33)31-26(38)40-28(6,7)8/h10-12,19,22,35H,9,13-16H2,1-8H3,(H2,29,33)(H,30,36)(H,31,38). The molecule has 0 bridgehead atoms. The molecule has 224 valence electrons. The number of nitrogens with zero attached hydrogens (tertiary/aromatic N) is 1. The van der Waals surface area contributed by atoms with Gasteiger partial charge in [-0.25, -0.2) is 4.79 Å². The van der Waals surface area contributed by atoms with Crippen molar-refractivity contribution < 1.29 is 38.6 Å². The van der Waals surface area contributed by atoms with Crippen molar-refractivity contribution in [2.24, 2.45) is 5.73 Å². The Morgan fingerprint density at radius 1 is 1.05 bits per heavy atom. The number of carbonyl (C=O) groups is 5. The zero-order valence-electron chi connectivity index (χ0n) is 24.8. The minimum atomic E-state index is -1.37. The number of aryl methyl sites for hydroxylation is 1. The summed E-state index contributed by atoms with van der Waals surface area (Å²) < 4.78 is 10.2. The third kappa shape index (κ3) is 10.7. The average molecular weight is 565 g/mol. The molecule has 1 rings (SSSR count). The number of esters is 1. The largest absolute Gasteiger partial charge is 0.507 e. The molecule has 5 N–H and O–H groups in total. The molecule has 0 aromatic heterocycles. The van der Waals surface area contributed by atoms with Crippen molar-refractivity contribution in [1.82, 2.24) is 15.5 Å². The molecule has 40 heavy (non-hydrogen) atoms. The van der Waals surface area contributed by atoms with Crippen LogP contribution in [0.15, 0.2) is 18.2 Å². The molecular weight excluding hydrogens is 520 g/mol. The van der Waals surface area contributed by atoms with E-state index >= 15 is 0 Å². The van der Waals surface area contributed by atoms with E-state index in [2.05, 4.69) is 10.6 Å². The molecule has 0 fully saturated rings. The third-order valence-corrected chi connectivity index (χ3v) is 5.63. The Labute approximate surface area is 235 Å². The fraction of sp³-hybridized carbons (Fsp3) is 0.607. The Morgan fingerprint density at radius 2 is 1.68 bits per heavy atom. The van der Waals surface area contributed by atoms with Gasteiger partial charge in [0, 0.05) is 24.1 Å². The predicted octanol–water partition coefficient (Wildman–Crippen LogP) is 2.60. The first-order valence-corrected chi connectivity index (χ1v) is 13.2. The summed E-state index contributed by atoms with van der Waals surface area (Å²) in [6.45, 7) is 13.5. The van der Waals surface area contributed by atoms with Crippen LogP contribution in [0.4, 0.5) is 4.79 Å². The molecule has 0 aliphatic carbocycles. The number of carbonyl (C=O) groups excluding carboxylic acids is 5. The van der Waals surface area contributed by atoms with E-state index in [-0.39, 0.29) is 43.7 Å². The molecule has 2 atom stereocenters. The van der Waals surface area contributed by atoms with E-state index in [4.69, 9.17) is 15.2 Å². The molecule has 0 radical (unpaired) electrons. The fourth-order valence-corrected chi connectivity index (χ4v) is 3.92. The summed E-state index contributed by atoms with van der Waals surface area (Å²) in [5.74, 6) is -2.75. The van der Waals surface area contributed by atoms with Crippen molar-refractivity contribution in [1.29, 1.82) is 0 Å².